The number of nitrogens with zero attached hydrogens (tertiary/aromatic N) is 7. The topological polar surface area (TPSA) is 80.0 Å². The average Bonchev–Trinajstić information content (AvgIpc) is 3.40. The summed E-state index contributed by atoms with van der Waals surface area (Å²) >= 11 is 0. The summed E-state index contributed by atoms with van der Waals surface area (Å²) in [6.45, 7) is 2.89. The second-order valence-corrected chi connectivity index (χ2v) is 7.24. The van der Waals surface area contributed by atoms with Gasteiger partial charge in [0.1, 0.15) is 17.6 Å². The lowest BCUT2D eigenvalue weighted by Gasteiger charge is -2.45. The molecule has 0 bridgehead atoms. The van der Waals surface area contributed by atoms with Crippen LogP contribution >= 0.6 is 0 Å². The molecule has 28 heavy (non-hydrogen) atoms. The predicted octanol–water partition coefficient (Wildman–Crippen LogP) is 2.45. The highest BCUT2D eigenvalue weighted by molar-refractivity contribution is 6.07. The lowest BCUT2D eigenvalue weighted by Crippen LogP contribution is -2.59. The minimum Gasteiger partial charge on any atom is -0.340 e. The standard InChI is InChI=1S/C20H21N7O/c1-3-20-10-7-11-26(20)17-15(25(2)18(20)28)12-21-19(24-17)27-16(22-13-23-27)14-8-5-4-6-9-14/h4-6,8-9,12-13H,3,7,10-11H2,1-2H3/t20-/m0/s1. The fraction of sp³-hybridized carbons (Fsp3) is 0.350. The number of fused-ring (bicyclic) bond motifs is 3. The van der Waals surface area contributed by atoms with Crippen LogP contribution in [0.4, 0.5) is 11.5 Å². The molecule has 2 aromatic heterocycles. The lowest BCUT2D eigenvalue weighted by molar-refractivity contribution is -0.123. The number of carbonyl (C=O) groups excluding carboxylic acids is 1. The van der Waals surface area contributed by atoms with Crippen LogP contribution in [0.5, 0.6) is 0 Å². The zero-order chi connectivity index (χ0) is 19.3. The minimum absolute atomic E-state index is 0.127. The van der Waals surface area contributed by atoms with Crippen LogP contribution in [-0.4, -0.2) is 49.8 Å². The summed E-state index contributed by atoms with van der Waals surface area (Å²) in [4.78, 5) is 30.7. The van der Waals surface area contributed by atoms with Gasteiger partial charge in [0.25, 0.3) is 11.9 Å². The maximum Gasteiger partial charge on any atom is 0.254 e. The second-order valence-electron chi connectivity index (χ2n) is 7.24. The maximum atomic E-state index is 13.1. The number of rotatable bonds is 3. The monoisotopic (exact) mass is 375 g/mol. The van der Waals surface area contributed by atoms with Gasteiger partial charge in [-0.2, -0.15) is 14.8 Å². The van der Waals surface area contributed by atoms with Crippen LogP contribution in [0.2, 0.25) is 0 Å². The van der Waals surface area contributed by atoms with Crippen molar-refractivity contribution < 1.29 is 4.79 Å². The third-order valence-corrected chi connectivity index (χ3v) is 5.90. The molecule has 0 spiro atoms. The van der Waals surface area contributed by atoms with E-state index >= 15 is 0 Å². The van der Waals surface area contributed by atoms with E-state index < -0.39 is 5.54 Å². The molecule has 0 aliphatic carbocycles. The normalized spacial score (nSPS) is 21.0. The summed E-state index contributed by atoms with van der Waals surface area (Å²) in [5, 5.41) is 4.35. The van der Waals surface area contributed by atoms with E-state index in [9.17, 15) is 4.79 Å². The Kier molecular flexibility index (Phi) is 3.68. The summed E-state index contributed by atoms with van der Waals surface area (Å²) in [5.74, 6) is 2.06. The van der Waals surface area contributed by atoms with Gasteiger partial charge in [-0.05, 0) is 19.3 Å². The molecule has 2 aliphatic heterocycles. The van der Waals surface area contributed by atoms with Crippen LogP contribution in [0.1, 0.15) is 26.2 Å². The van der Waals surface area contributed by atoms with Crippen molar-refractivity contribution in [1.29, 1.82) is 0 Å². The van der Waals surface area contributed by atoms with Gasteiger partial charge in [0.2, 0.25) is 0 Å². The SMILES string of the molecule is CC[C@@]12CCCN1c1nc(-n3ncnc3-c3ccccc3)ncc1N(C)C2=O. The van der Waals surface area contributed by atoms with Gasteiger partial charge in [0.05, 0.1) is 6.20 Å². The van der Waals surface area contributed by atoms with Crippen molar-refractivity contribution in [3.8, 4) is 17.3 Å². The number of hydrogen-bond donors (Lipinski definition) is 0. The Hall–Kier alpha value is -3.29. The number of aromatic nitrogens is 5. The van der Waals surface area contributed by atoms with Crippen LogP contribution in [-0.2, 0) is 4.79 Å². The molecule has 0 N–H and O–H groups in total. The lowest BCUT2D eigenvalue weighted by atomic mass is 9.89. The molecule has 8 nitrogen and oxygen atoms in total. The molecule has 0 saturated carbocycles. The zero-order valence-corrected chi connectivity index (χ0v) is 15.9. The van der Waals surface area contributed by atoms with Gasteiger partial charge in [0, 0.05) is 19.2 Å². The molecular weight excluding hydrogens is 354 g/mol. The van der Waals surface area contributed by atoms with Crippen molar-refractivity contribution in [2.24, 2.45) is 0 Å². The van der Waals surface area contributed by atoms with Crippen molar-refractivity contribution in [2.45, 2.75) is 31.7 Å². The molecule has 1 aromatic carbocycles. The summed E-state index contributed by atoms with van der Waals surface area (Å²) in [6.07, 6.45) is 5.80. The molecule has 1 saturated heterocycles. The fourth-order valence-electron chi connectivity index (χ4n) is 4.42. The van der Waals surface area contributed by atoms with Crippen LogP contribution in [0.3, 0.4) is 0 Å². The summed E-state index contributed by atoms with van der Waals surface area (Å²) in [5.41, 5.74) is 1.18. The average molecular weight is 375 g/mol. The van der Waals surface area contributed by atoms with Gasteiger partial charge < -0.3 is 9.80 Å². The Labute approximate surface area is 162 Å². The Balaban J connectivity index is 1.65. The Morgan fingerprint density at radius 1 is 1.18 bits per heavy atom. The van der Waals surface area contributed by atoms with E-state index in [0.717, 1.165) is 42.9 Å². The number of likely N-dealkylation sites (N-methyl/N-ethyl adjacent to an activating group) is 1. The van der Waals surface area contributed by atoms with Gasteiger partial charge in [-0.3, -0.25) is 4.79 Å². The minimum atomic E-state index is -0.502. The van der Waals surface area contributed by atoms with E-state index in [4.69, 9.17) is 4.98 Å². The second kappa shape index (κ2) is 6.12. The molecule has 8 heteroatoms. The van der Waals surface area contributed by atoms with E-state index in [1.54, 1.807) is 15.8 Å². The molecule has 0 unspecified atom stereocenters. The first-order chi connectivity index (χ1) is 13.7. The van der Waals surface area contributed by atoms with Crippen LogP contribution < -0.4 is 9.80 Å². The van der Waals surface area contributed by atoms with E-state index in [-0.39, 0.29) is 5.91 Å². The van der Waals surface area contributed by atoms with Gasteiger partial charge in [0.15, 0.2) is 11.6 Å². The van der Waals surface area contributed by atoms with Crippen molar-refractivity contribution in [1.82, 2.24) is 24.7 Å². The molecule has 5 rings (SSSR count). The quantitative estimate of drug-likeness (QED) is 0.700. The molecule has 142 valence electrons. The van der Waals surface area contributed by atoms with E-state index in [1.807, 2.05) is 37.4 Å². The van der Waals surface area contributed by atoms with Gasteiger partial charge in [-0.15, -0.1) is 0 Å². The smallest absolute Gasteiger partial charge is 0.254 e. The van der Waals surface area contributed by atoms with Gasteiger partial charge >= 0.3 is 0 Å². The van der Waals surface area contributed by atoms with Crippen LogP contribution in [0.15, 0.2) is 42.9 Å². The Bertz CT molecular complexity index is 1050. The van der Waals surface area contributed by atoms with Crippen LogP contribution in [0, 0.1) is 0 Å². The van der Waals surface area contributed by atoms with E-state index in [1.165, 1.54) is 6.33 Å². The van der Waals surface area contributed by atoms with Crippen molar-refractivity contribution in [2.75, 3.05) is 23.4 Å². The molecule has 1 amide bonds. The molecule has 1 fully saturated rings. The largest absolute Gasteiger partial charge is 0.340 e. The summed E-state index contributed by atoms with van der Waals surface area (Å²) in [7, 11) is 1.81. The highest BCUT2D eigenvalue weighted by Gasteiger charge is 2.52. The number of hydrogen-bond acceptors (Lipinski definition) is 6. The molecular formula is C20H21N7O. The Morgan fingerprint density at radius 2 is 2.00 bits per heavy atom. The number of benzene rings is 1. The molecule has 2 aliphatic rings. The summed E-state index contributed by atoms with van der Waals surface area (Å²) < 4.78 is 1.65. The number of anilines is 2. The molecule has 3 aromatic rings. The summed E-state index contributed by atoms with van der Waals surface area (Å²) in [6, 6.07) is 9.84. The van der Waals surface area contributed by atoms with Crippen molar-refractivity contribution >= 4 is 17.4 Å². The first kappa shape index (κ1) is 16.9. The first-order valence-corrected chi connectivity index (χ1v) is 9.54. The highest BCUT2D eigenvalue weighted by atomic mass is 16.2. The van der Waals surface area contributed by atoms with E-state index in [2.05, 4.69) is 26.9 Å². The fourth-order valence-corrected chi connectivity index (χ4v) is 4.42. The number of amides is 1. The highest BCUT2D eigenvalue weighted by Crippen LogP contribution is 2.45. The molecule has 0 radical (unpaired) electrons. The third-order valence-electron chi connectivity index (χ3n) is 5.90. The third kappa shape index (κ3) is 2.20. The van der Waals surface area contributed by atoms with Crippen molar-refractivity contribution in [3.63, 3.8) is 0 Å². The number of carbonyl (C=O) groups is 1. The predicted molar refractivity (Wildman–Crippen MR) is 105 cm³/mol. The first-order valence-electron chi connectivity index (χ1n) is 9.54. The molecule has 4 heterocycles. The van der Waals surface area contributed by atoms with Gasteiger partial charge in [-0.1, -0.05) is 37.3 Å². The van der Waals surface area contributed by atoms with Gasteiger partial charge in [-0.25, -0.2) is 9.97 Å². The van der Waals surface area contributed by atoms with Crippen molar-refractivity contribution in [3.05, 3.63) is 42.9 Å². The zero-order valence-electron chi connectivity index (χ0n) is 15.9. The molecule has 1 atom stereocenters. The maximum absolute atomic E-state index is 13.1. The Morgan fingerprint density at radius 3 is 2.79 bits per heavy atom. The van der Waals surface area contributed by atoms with Crippen LogP contribution in [0.25, 0.3) is 17.3 Å². The van der Waals surface area contributed by atoms with E-state index in [0.29, 0.717) is 11.8 Å².